The molecule has 0 amide bonds. The third-order valence-electron chi connectivity index (χ3n) is 6.20. The van der Waals surface area contributed by atoms with Crippen molar-refractivity contribution in [2.75, 3.05) is 0 Å². The minimum absolute atomic E-state index is 0.180. The Balaban J connectivity index is 1.47. The highest BCUT2D eigenvalue weighted by Gasteiger charge is 2.43. The summed E-state index contributed by atoms with van der Waals surface area (Å²) in [6, 6.07) is 10.3. The van der Waals surface area contributed by atoms with Crippen LogP contribution in [0, 0.1) is 35.0 Å². The zero-order chi connectivity index (χ0) is 20.7. The highest BCUT2D eigenvalue weighted by atomic mass is 19.2. The fourth-order valence-corrected chi connectivity index (χ4v) is 4.71. The van der Waals surface area contributed by atoms with Crippen molar-refractivity contribution in [3.8, 4) is 0 Å². The molecular formula is C22H20F5NO. The lowest BCUT2D eigenvalue weighted by molar-refractivity contribution is -0.124. The van der Waals surface area contributed by atoms with E-state index in [2.05, 4.69) is 4.90 Å². The van der Waals surface area contributed by atoms with Crippen LogP contribution in [0.4, 0.5) is 22.0 Å². The van der Waals surface area contributed by atoms with Crippen LogP contribution in [0.25, 0.3) is 0 Å². The monoisotopic (exact) mass is 409 g/mol. The van der Waals surface area contributed by atoms with Crippen molar-refractivity contribution >= 4 is 5.78 Å². The second-order valence-corrected chi connectivity index (χ2v) is 7.90. The Morgan fingerprint density at radius 3 is 1.90 bits per heavy atom. The van der Waals surface area contributed by atoms with Crippen molar-refractivity contribution in [3.63, 3.8) is 0 Å². The minimum Gasteiger partial charge on any atom is -0.299 e. The van der Waals surface area contributed by atoms with Crippen LogP contribution in [-0.4, -0.2) is 22.8 Å². The largest absolute Gasteiger partial charge is 0.299 e. The van der Waals surface area contributed by atoms with E-state index >= 15 is 0 Å². The van der Waals surface area contributed by atoms with E-state index in [1.54, 1.807) is 0 Å². The van der Waals surface area contributed by atoms with E-state index in [0.29, 0.717) is 12.8 Å². The first-order valence-corrected chi connectivity index (χ1v) is 9.69. The maximum absolute atomic E-state index is 13.9. The molecule has 29 heavy (non-hydrogen) atoms. The van der Waals surface area contributed by atoms with Gasteiger partial charge in [-0.3, -0.25) is 9.69 Å². The highest BCUT2D eigenvalue weighted by Crippen LogP contribution is 2.40. The topological polar surface area (TPSA) is 20.3 Å². The van der Waals surface area contributed by atoms with E-state index in [1.807, 2.05) is 30.3 Å². The highest BCUT2D eigenvalue weighted by molar-refractivity contribution is 5.83. The molecule has 2 saturated heterocycles. The normalized spacial score (nSPS) is 24.1. The first kappa shape index (κ1) is 20.0. The Morgan fingerprint density at radius 1 is 0.828 bits per heavy atom. The Bertz CT molecular complexity index is 890. The van der Waals surface area contributed by atoms with E-state index in [9.17, 15) is 26.7 Å². The van der Waals surface area contributed by atoms with Crippen LogP contribution in [-0.2, 0) is 17.8 Å². The van der Waals surface area contributed by atoms with Crippen LogP contribution >= 0.6 is 0 Å². The molecule has 0 spiro atoms. The van der Waals surface area contributed by atoms with Gasteiger partial charge in [-0.2, -0.15) is 0 Å². The van der Waals surface area contributed by atoms with Crippen molar-refractivity contribution < 1.29 is 26.7 Å². The fraction of sp³-hybridized carbons (Fsp3) is 0.409. The summed E-state index contributed by atoms with van der Waals surface area (Å²) in [6.45, 7) is 0.773. The molecular weight excluding hydrogens is 389 g/mol. The first-order valence-electron chi connectivity index (χ1n) is 9.69. The van der Waals surface area contributed by atoms with E-state index in [1.165, 1.54) is 5.56 Å². The molecule has 2 aliphatic rings. The van der Waals surface area contributed by atoms with Crippen LogP contribution in [0.1, 0.15) is 36.8 Å². The van der Waals surface area contributed by atoms with Crippen molar-refractivity contribution in [1.82, 2.24) is 4.90 Å². The second-order valence-electron chi connectivity index (χ2n) is 7.90. The molecule has 2 aromatic rings. The number of piperidine rings is 1. The van der Waals surface area contributed by atoms with Crippen LogP contribution in [0.5, 0.6) is 0 Å². The molecule has 154 valence electrons. The molecule has 2 aromatic carbocycles. The lowest BCUT2D eigenvalue weighted by Crippen LogP contribution is -2.44. The summed E-state index contributed by atoms with van der Waals surface area (Å²) in [7, 11) is 0. The number of halogens is 5. The lowest BCUT2D eigenvalue weighted by atomic mass is 9.84. The maximum Gasteiger partial charge on any atom is 0.200 e. The number of benzene rings is 2. The average molecular weight is 409 g/mol. The maximum atomic E-state index is 13.9. The number of nitrogens with zero attached hydrogens (tertiary/aromatic N) is 1. The number of rotatable bonds is 5. The van der Waals surface area contributed by atoms with Gasteiger partial charge in [-0.05, 0) is 31.2 Å². The third kappa shape index (κ3) is 3.68. The molecule has 2 bridgehead atoms. The van der Waals surface area contributed by atoms with Crippen molar-refractivity contribution in [2.24, 2.45) is 5.92 Å². The molecule has 7 heteroatoms. The van der Waals surface area contributed by atoms with E-state index in [-0.39, 0.29) is 12.1 Å². The molecule has 2 heterocycles. The summed E-state index contributed by atoms with van der Waals surface area (Å²) in [5, 5.41) is 0. The van der Waals surface area contributed by atoms with Gasteiger partial charge in [-0.15, -0.1) is 0 Å². The van der Waals surface area contributed by atoms with Crippen molar-refractivity contribution in [2.45, 2.75) is 50.7 Å². The molecule has 0 saturated carbocycles. The number of hydrogen-bond donors (Lipinski definition) is 0. The number of ketones is 1. The van der Waals surface area contributed by atoms with Gasteiger partial charge in [0, 0.05) is 36.5 Å². The van der Waals surface area contributed by atoms with Gasteiger partial charge in [0.25, 0.3) is 0 Å². The quantitative estimate of drug-likeness (QED) is 0.396. The average Bonchev–Trinajstić information content (AvgIpc) is 2.95. The van der Waals surface area contributed by atoms with Crippen LogP contribution in [0.3, 0.4) is 0 Å². The lowest BCUT2D eigenvalue weighted by Gasteiger charge is -2.38. The van der Waals surface area contributed by atoms with Crippen LogP contribution < -0.4 is 0 Å². The number of fused-ring (bicyclic) bond motifs is 2. The van der Waals surface area contributed by atoms with Gasteiger partial charge in [0.05, 0.1) is 0 Å². The molecule has 4 rings (SSSR count). The summed E-state index contributed by atoms with van der Waals surface area (Å²) >= 11 is 0. The fourth-order valence-electron chi connectivity index (χ4n) is 4.71. The zero-order valence-electron chi connectivity index (χ0n) is 15.6. The van der Waals surface area contributed by atoms with E-state index < -0.39 is 52.8 Å². The standard InChI is InChI=1S/C22H20F5NO/c23-18-16(19(24)21(26)22(27)20(18)25)10-17(29)13-8-14-6-7-15(9-13)28(14)11-12-4-2-1-3-5-12/h1-5,13-15H,6-11H2. The van der Waals surface area contributed by atoms with E-state index in [4.69, 9.17) is 0 Å². The molecule has 2 unspecified atom stereocenters. The van der Waals surface area contributed by atoms with Gasteiger partial charge in [0.1, 0.15) is 5.78 Å². The van der Waals surface area contributed by atoms with Crippen molar-refractivity contribution in [1.29, 1.82) is 0 Å². The number of carbonyl (C=O) groups excluding carboxylic acids is 1. The summed E-state index contributed by atoms with van der Waals surface area (Å²) in [5.41, 5.74) is 0.140. The molecule has 0 aromatic heterocycles. The van der Waals surface area contributed by atoms with Crippen LogP contribution in [0.15, 0.2) is 30.3 Å². The first-order chi connectivity index (χ1) is 13.9. The second kappa shape index (κ2) is 7.86. The predicted molar refractivity (Wildman–Crippen MR) is 96.5 cm³/mol. The zero-order valence-corrected chi connectivity index (χ0v) is 15.6. The summed E-state index contributed by atoms with van der Waals surface area (Å²) in [5.74, 6) is -11.0. The molecule has 0 aliphatic carbocycles. The molecule has 2 atom stereocenters. The molecule has 2 nitrogen and oxygen atoms in total. The Labute approximate surface area is 165 Å². The Hall–Kier alpha value is -2.28. The van der Waals surface area contributed by atoms with Gasteiger partial charge in [0.2, 0.25) is 5.82 Å². The smallest absolute Gasteiger partial charge is 0.200 e. The predicted octanol–water partition coefficient (Wildman–Crippen LogP) is 4.94. The summed E-state index contributed by atoms with van der Waals surface area (Å²) in [4.78, 5) is 15.0. The van der Waals surface area contributed by atoms with Gasteiger partial charge in [-0.1, -0.05) is 30.3 Å². The number of Topliss-reactive ketones (excluding diaryl/α,β-unsaturated/α-hetero) is 1. The Kier molecular flexibility index (Phi) is 5.42. The molecule has 2 fully saturated rings. The SMILES string of the molecule is O=C(Cc1c(F)c(F)c(F)c(F)c1F)C1CC2CCC(C1)N2Cc1ccccc1. The van der Waals surface area contributed by atoms with Gasteiger partial charge in [-0.25, -0.2) is 22.0 Å². The van der Waals surface area contributed by atoms with Gasteiger partial charge >= 0.3 is 0 Å². The number of carbonyl (C=O) groups is 1. The Morgan fingerprint density at radius 2 is 1.34 bits per heavy atom. The molecule has 0 N–H and O–H groups in total. The molecule has 0 radical (unpaired) electrons. The summed E-state index contributed by atoms with van der Waals surface area (Å²) < 4.78 is 67.9. The van der Waals surface area contributed by atoms with Crippen molar-refractivity contribution in [3.05, 3.63) is 70.5 Å². The minimum atomic E-state index is -2.21. The van der Waals surface area contributed by atoms with E-state index in [0.717, 1.165) is 19.4 Å². The van der Waals surface area contributed by atoms with Gasteiger partial charge < -0.3 is 0 Å². The van der Waals surface area contributed by atoms with Gasteiger partial charge in [0.15, 0.2) is 23.3 Å². The van der Waals surface area contributed by atoms with Crippen LogP contribution in [0.2, 0.25) is 0 Å². The molecule has 2 aliphatic heterocycles. The third-order valence-corrected chi connectivity index (χ3v) is 6.20. The number of hydrogen-bond acceptors (Lipinski definition) is 2. The summed E-state index contributed by atoms with van der Waals surface area (Å²) in [6.07, 6.45) is 2.16.